The molecule has 1 fully saturated rings. The smallest absolute Gasteiger partial charge is 0.355 e. The lowest BCUT2D eigenvalue weighted by Gasteiger charge is -2.49. The number of carbonyl (C=O) groups excluding carboxylic acids is 2. The van der Waals surface area contributed by atoms with Gasteiger partial charge in [0.05, 0.1) is 6.61 Å². The molecule has 0 bridgehead atoms. The van der Waals surface area contributed by atoms with Crippen LogP contribution in [0.2, 0.25) is 0 Å². The van der Waals surface area contributed by atoms with Crippen LogP contribution in [-0.4, -0.2) is 59.3 Å². The van der Waals surface area contributed by atoms with Gasteiger partial charge in [-0.1, -0.05) is 12.7 Å². The van der Waals surface area contributed by atoms with Crippen molar-refractivity contribution in [2.24, 2.45) is 0 Å². The van der Waals surface area contributed by atoms with Crippen LogP contribution in [0.5, 0.6) is 0 Å². The molecule has 0 unspecified atom stereocenters. The summed E-state index contributed by atoms with van der Waals surface area (Å²) in [5.74, 6) is -0.241. The summed E-state index contributed by atoms with van der Waals surface area (Å²) in [6.45, 7) is 3.29. The van der Waals surface area contributed by atoms with Gasteiger partial charge < -0.3 is 15.2 Å². The normalized spacial score (nSPS) is 25.8. The predicted octanol–water partition coefficient (Wildman–Crippen LogP) is -0.535. The number of esters is 1. The summed E-state index contributed by atoms with van der Waals surface area (Å²) in [5, 5.41) is 12.1. The van der Waals surface area contributed by atoms with E-state index < -0.39 is 5.97 Å². The van der Waals surface area contributed by atoms with E-state index >= 15 is 0 Å². The molecule has 2 rings (SSSR count). The Hall–Kier alpha value is -1.31. The fourth-order valence-electron chi connectivity index (χ4n) is 2.13. The van der Waals surface area contributed by atoms with Crippen LogP contribution in [0.1, 0.15) is 0 Å². The van der Waals surface area contributed by atoms with Crippen molar-refractivity contribution >= 4 is 23.6 Å². The fraction of sp³-hybridized carbons (Fsp3) is 0.500. The molecule has 0 saturated carbocycles. The van der Waals surface area contributed by atoms with E-state index in [1.165, 1.54) is 22.7 Å². The molecular weight excluding hydrogens is 268 g/mol. The Kier molecular flexibility index (Phi) is 4.28. The van der Waals surface area contributed by atoms with Gasteiger partial charge >= 0.3 is 5.97 Å². The third-order valence-electron chi connectivity index (χ3n) is 3.07. The molecule has 2 atom stereocenters. The first-order valence-corrected chi connectivity index (χ1v) is 6.93. The zero-order valence-electron chi connectivity index (χ0n) is 10.6. The number of likely N-dealkylation sites (N-methyl/N-ethyl adjacent to an activating group) is 1. The predicted molar refractivity (Wildman–Crippen MR) is 71.2 cm³/mol. The minimum absolute atomic E-state index is 0.0797. The number of β-lactam (4-membered cyclic amide) rings is 1. The number of carbonyl (C=O) groups is 2. The Labute approximate surface area is 115 Å². The van der Waals surface area contributed by atoms with Crippen molar-refractivity contribution in [3.63, 3.8) is 0 Å². The van der Waals surface area contributed by atoms with E-state index in [1.807, 2.05) is 0 Å². The van der Waals surface area contributed by atoms with Crippen molar-refractivity contribution in [3.05, 3.63) is 23.9 Å². The molecule has 0 aliphatic carbocycles. The highest BCUT2D eigenvalue weighted by Crippen LogP contribution is 2.40. The third kappa shape index (κ3) is 2.29. The highest BCUT2D eigenvalue weighted by atomic mass is 32.2. The number of nitrogens with zero attached hydrogens (tertiary/aromatic N) is 1. The molecule has 0 aromatic carbocycles. The van der Waals surface area contributed by atoms with Gasteiger partial charge in [0.1, 0.15) is 23.7 Å². The lowest BCUT2D eigenvalue weighted by atomic mass is 10.0. The molecule has 2 heterocycles. The van der Waals surface area contributed by atoms with Crippen molar-refractivity contribution in [2.45, 2.75) is 11.4 Å². The molecule has 104 valence electrons. The van der Waals surface area contributed by atoms with Crippen molar-refractivity contribution in [2.75, 3.05) is 26.0 Å². The number of hydrogen-bond acceptors (Lipinski definition) is 6. The highest BCUT2D eigenvalue weighted by molar-refractivity contribution is 8.00. The highest BCUT2D eigenvalue weighted by Gasteiger charge is 2.52. The Morgan fingerprint density at radius 3 is 3.05 bits per heavy atom. The summed E-state index contributed by atoms with van der Waals surface area (Å²) >= 11 is 1.52. The number of aliphatic hydroxyl groups is 1. The monoisotopic (exact) mass is 284 g/mol. The summed E-state index contributed by atoms with van der Waals surface area (Å²) in [4.78, 5) is 25.4. The molecule has 0 aromatic heterocycles. The summed E-state index contributed by atoms with van der Waals surface area (Å²) in [6.07, 6.45) is 1.46. The third-order valence-corrected chi connectivity index (χ3v) is 4.41. The SMILES string of the molecule is C=CCOC(=O)C1=C(CO)CS[C@@H]2[C@H](NC)C(=O)N12. The summed E-state index contributed by atoms with van der Waals surface area (Å²) in [6, 6.07) is -0.285. The van der Waals surface area contributed by atoms with Gasteiger partial charge in [-0.3, -0.25) is 9.69 Å². The molecule has 0 spiro atoms. The first kappa shape index (κ1) is 14.1. The minimum Gasteiger partial charge on any atom is -0.457 e. The first-order valence-electron chi connectivity index (χ1n) is 5.88. The fourth-order valence-corrected chi connectivity index (χ4v) is 3.53. The van der Waals surface area contributed by atoms with Gasteiger partial charge in [0.2, 0.25) is 5.91 Å². The summed E-state index contributed by atoms with van der Waals surface area (Å²) in [7, 11) is 1.71. The molecule has 1 saturated heterocycles. The Bertz CT molecular complexity index is 449. The van der Waals surface area contributed by atoms with Crippen LogP contribution in [-0.2, 0) is 14.3 Å². The average Bonchev–Trinajstić information content (AvgIpc) is 2.43. The number of hydrogen-bond donors (Lipinski definition) is 2. The molecule has 1 amide bonds. The number of fused-ring (bicyclic) bond motifs is 1. The second-order valence-electron chi connectivity index (χ2n) is 4.17. The first-order chi connectivity index (χ1) is 9.15. The summed E-state index contributed by atoms with van der Waals surface area (Å²) in [5.41, 5.74) is 0.711. The molecule has 0 radical (unpaired) electrons. The van der Waals surface area contributed by atoms with Crippen molar-refractivity contribution in [1.29, 1.82) is 0 Å². The van der Waals surface area contributed by atoms with Crippen LogP contribution in [0, 0.1) is 0 Å². The van der Waals surface area contributed by atoms with Gasteiger partial charge in [-0.15, -0.1) is 11.8 Å². The van der Waals surface area contributed by atoms with Crippen molar-refractivity contribution < 1.29 is 19.4 Å². The van der Waals surface area contributed by atoms with Gasteiger partial charge in [0.25, 0.3) is 0 Å². The lowest BCUT2D eigenvalue weighted by molar-refractivity contribution is -0.151. The standard InChI is InChI=1S/C12H16N2O4S/c1-3-4-18-12(17)9-7(5-15)6-19-11-8(13-2)10(16)14(9)11/h3,8,11,13,15H,1,4-6H2,2H3/t8-,11-/m1/s1. The number of thioether (sulfide) groups is 1. The van der Waals surface area contributed by atoms with Crippen LogP contribution >= 0.6 is 11.8 Å². The topological polar surface area (TPSA) is 78.9 Å². The molecule has 0 aromatic rings. The van der Waals surface area contributed by atoms with Gasteiger partial charge in [-0.25, -0.2) is 4.79 Å². The molecule has 2 aliphatic heterocycles. The maximum absolute atomic E-state index is 12.0. The van der Waals surface area contributed by atoms with Crippen LogP contribution in [0.25, 0.3) is 0 Å². The van der Waals surface area contributed by atoms with Gasteiger partial charge in [0, 0.05) is 5.75 Å². The quantitative estimate of drug-likeness (QED) is 0.401. The van der Waals surface area contributed by atoms with Crippen molar-refractivity contribution in [3.8, 4) is 0 Å². The zero-order chi connectivity index (χ0) is 14.0. The maximum Gasteiger partial charge on any atom is 0.355 e. The largest absolute Gasteiger partial charge is 0.457 e. The zero-order valence-corrected chi connectivity index (χ0v) is 11.4. The molecule has 19 heavy (non-hydrogen) atoms. The average molecular weight is 284 g/mol. The second-order valence-corrected chi connectivity index (χ2v) is 5.28. The Morgan fingerprint density at radius 1 is 1.74 bits per heavy atom. The molecule has 2 aliphatic rings. The van der Waals surface area contributed by atoms with Gasteiger partial charge in [-0.2, -0.15) is 0 Å². The summed E-state index contributed by atoms with van der Waals surface area (Å²) < 4.78 is 4.98. The van der Waals surface area contributed by atoms with Gasteiger partial charge in [-0.05, 0) is 12.6 Å². The van der Waals surface area contributed by atoms with E-state index in [1.54, 1.807) is 7.05 Å². The Morgan fingerprint density at radius 2 is 2.47 bits per heavy atom. The number of ether oxygens (including phenoxy) is 1. The van der Waals surface area contributed by atoms with E-state index in [9.17, 15) is 14.7 Å². The number of nitrogens with one attached hydrogen (secondary N) is 1. The van der Waals surface area contributed by atoms with E-state index in [4.69, 9.17) is 4.74 Å². The molecular formula is C12H16N2O4S. The van der Waals surface area contributed by atoms with Crippen LogP contribution in [0.3, 0.4) is 0 Å². The van der Waals surface area contributed by atoms with Crippen LogP contribution in [0.4, 0.5) is 0 Å². The second kappa shape index (κ2) is 5.77. The minimum atomic E-state index is -0.586. The lowest BCUT2D eigenvalue weighted by Crippen LogP contribution is -2.69. The maximum atomic E-state index is 12.0. The van der Waals surface area contributed by atoms with E-state index in [2.05, 4.69) is 11.9 Å². The van der Waals surface area contributed by atoms with Crippen LogP contribution in [0.15, 0.2) is 23.9 Å². The van der Waals surface area contributed by atoms with E-state index in [0.29, 0.717) is 11.3 Å². The Balaban J connectivity index is 2.25. The number of aliphatic hydroxyl groups excluding tert-OH is 1. The number of rotatable bonds is 5. The molecule has 2 N–H and O–H groups in total. The van der Waals surface area contributed by atoms with Crippen molar-refractivity contribution in [1.82, 2.24) is 10.2 Å². The van der Waals surface area contributed by atoms with E-state index in [0.717, 1.165) is 0 Å². The molecule has 7 heteroatoms. The molecule has 6 nitrogen and oxygen atoms in total. The van der Waals surface area contributed by atoms with E-state index in [-0.39, 0.29) is 36.2 Å². The van der Waals surface area contributed by atoms with Crippen LogP contribution < -0.4 is 5.32 Å². The number of amides is 1. The van der Waals surface area contributed by atoms with Gasteiger partial charge in [0.15, 0.2) is 0 Å².